The summed E-state index contributed by atoms with van der Waals surface area (Å²) < 4.78 is 6.12. The number of amides is 1. The summed E-state index contributed by atoms with van der Waals surface area (Å²) in [4.78, 5) is 14.5. The van der Waals surface area contributed by atoms with Crippen LogP contribution >= 0.6 is 34.2 Å². The van der Waals surface area contributed by atoms with E-state index in [4.69, 9.17) is 16.3 Å². The van der Waals surface area contributed by atoms with Gasteiger partial charge in [0, 0.05) is 22.7 Å². The maximum absolute atomic E-state index is 12.3. The van der Waals surface area contributed by atoms with Crippen molar-refractivity contribution in [2.45, 2.75) is 26.8 Å². The smallest absolute Gasteiger partial charge is 0.255 e. The molecule has 0 saturated carbocycles. The summed E-state index contributed by atoms with van der Waals surface area (Å²) >= 11 is 8.20. The van der Waals surface area contributed by atoms with Crippen LogP contribution in [0.1, 0.15) is 31.1 Å². The van der Waals surface area contributed by atoms with Crippen LogP contribution in [0, 0.1) is 3.57 Å². The third kappa shape index (κ3) is 5.30. The molecule has 0 saturated heterocycles. The quantitative estimate of drug-likeness (QED) is 0.682. The van der Waals surface area contributed by atoms with Gasteiger partial charge in [0.25, 0.3) is 5.91 Å². The lowest BCUT2D eigenvalue weighted by Crippen LogP contribution is -2.38. The minimum absolute atomic E-state index is 0.162. The average Bonchev–Trinajstić information content (AvgIpc) is 2.45. The molecule has 0 aliphatic heterocycles. The van der Waals surface area contributed by atoms with E-state index < -0.39 is 0 Å². The van der Waals surface area contributed by atoms with Crippen LogP contribution < -0.4 is 10.1 Å². The molecule has 1 amide bonds. The minimum atomic E-state index is -0.162. The van der Waals surface area contributed by atoms with Crippen LogP contribution in [0.3, 0.4) is 0 Å². The number of hydrogen-bond acceptors (Lipinski definition) is 3. The highest BCUT2D eigenvalue weighted by molar-refractivity contribution is 14.1. The Kier molecular flexibility index (Phi) is 7.76. The first-order chi connectivity index (χ1) is 9.90. The molecule has 0 fully saturated rings. The Hall–Kier alpha value is -0.530. The van der Waals surface area contributed by atoms with E-state index in [1.54, 1.807) is 19.2 Å². The van der Waals surface area contributed by atoms with E-state index >= 15 is 0 Å². The van der Waals surface area contributed by atoms with E-state index in [1.807, 2.05) is 0 Å². The van der Waals surface area contributed by atoms with Gasteiger partial charge < -0.3 is 10.1 Å². The van der Waals surface area contributed by atoms with Crippen LogP contribution in [0.25, 0.3) is 0 Å². The molecule has 0 aromatic heterocycles. The number of likely N-dealkylation sites (N-methyl/N-ethyl adjacent to an activating group) is 1. The number of ether oxygens (including phenoxy) is 1. The molecule has 0 radical (unpaired) electrons. The Morgan fingerprint density at radius 3 is 2.67 bits per heavy atom. The summed E-state index contributed by atoms with van der Waals surface area (Å²) in [6.45, 7) is 8.79. The van der Waals surface area contributed by atoms with Crippen LogP contribution in [0.2, 0.25) is 5.02 Å². The second-order valence-electron chi connectivity index (χ2n) is 4.94. The van der Waals surface area contributed by atoms with Gasteiger partial charge in [0.1, 0.15) is 5.75 Å². The molecule has 6 heteroatoms. The van der Waals surface area contributed by atoms with Crippen molar-refractivity contribution in [3.8, 4) is 5.75 Å². The highest BCUT2D eigenvalue weighted by atomic mass is 127. The lowest BCUT2D eigenvalue weighted by molar-refractivity contribution is 0.0943. The second kappa shape index (κ2) is 8.80. The molecule has 1 N–H and O–H groups in total. The molecule has 4 nitrogen and oxygen atoms in total. The predicted octanol–water partition coefficient (Wildman–Crippen LogP) is 3.41. The normalized spacial score (nSPS) is 11.0. The molecule has 0 atom stereocenters. The van der Waals surface area contributed by atoms with Crippen molar-refractivity contribution in [2.75, 3.05) is 26.7 Å². The number of benzene rings is 1. The van der Waals surface area contributed by atoms with Crippen LogP contribution in [-0.2, 0) is 0 Å². The van der Waals surface area contributed by atoms with Gasteiger partial charge in [0.05, 0.1) is 17.7 Å². The molecule has 0 unspecified atom stereocenters. The molecular formula is C15H22ClIN2O2. The van der Waals surface area contributed by atoms with Gasteiger partial charge in [-0.3, -0.25) is 9.69 Å². The third-order valence-electron chi connectivity index (χ3n) is 3.31. The molecule has 1 aromatic carbocycles. The molecule has 0 spiro atoms. The Morgan fingerprint density at radius 2 is 2.14 bits per heavy atom. The van der Waals surface area contributed by atoms with Gasteiger partial charge in [-0.25, -0.2) is 0 Å². The lowest BCUT2D eigenvalue weighted by atomic mass is 10.2. The third-order valence-corrected chi connectivity index (χ3v) is 4.83. The highest BCUT2D eigenvalue weighted by Gasteiger charge is 2.15. The van der Waals surface area contributed by atoms with E-state index in [-0.39, 0.29) is 5.91 Å². The van der Waals surface area contributed by atoms with Crippen LogP contribution in [-0.4, -0.2) is 43.6 Å². The number of halogens is 2. The second-order valence-corrected chi connectivity index (χ2v) is 6.51. The van der Waals surface area contributed by atoms with Gasteiger partial charge in [-0.15, -0.1) is 0 Å². The Bertz CT molecular complexity index is 495. The van der Waals surface area contributed by atoms with Crippen LogP contribution in [0.15, 0.2) is 12.1 Å². The molecule has 0 aliphatic carbocycles. The van der Waals surface area contributed by atoms with E-state index in [2.05, 4.69) is 53.6 Å². The molecule has 1 rings (SSSR count). The van der Waals surface area contributed by atoms with Gasteiger partial charge in [-0.1, -0.05) is 18.5 Å². The number of nitrogens with zero attached hydrogens (tertiary/aromatic N) is 1. The fraction of sp³-hybridized carbons (Fsp3) is 0.533. The Labute approximate surface area is 145 Å². The zero-order valence-corrected chi connectivity index (χ0v) is 15.8. The fourth-order valence-corrected chi connectivity index (χ4v) is 2.67. The minimum Gasteiger partial charge on any atom is -0.496 e. The van der Waals surface area contributed by atoms with Gasteiger partial charge in [0.15, 0.2) is 0 Å². The number of rotatable bonds is 7. The molecule has 0 heterocycles. The largest absolute Gasteiger partial charge is 0.496 e. The highest BCUT2D eigenvalue weighted by Crippen LogP contribution is 2.28. The van der Waals surface area contributed by atoms with Crippen molar-refractivity contribution < 1.29 is 9.53 Å². The molecule has 1 aromatic rings. The Morgan fingerprint density at radius 1 is 1.48 bits per heavy atom. The first-order valence-corrected chi connectivity index (χ1v) is 8.41. The summed E-state index contributed by atoms with van der Waals surface area (Å²) in [6, 6.07) is 3.89. The first kappa shape index (κ1) is 18.5. The van der Waals surface area contributed by atoms with Crippen molar-refractivity contribution in [3.05, 3.63) is 26.3 Å². The van der Waals surface area contributed by atoms with Crippen LogP contribution in [0.4, 0.5) is 0 Å². The molecule has 0 bridgehead atoms. The Balaban J connectivity index is 2.70. The van der Waals surface area contributed by atoms with E-state index in [9.17, 15) is 4.79 Å². The van der Waals surface area contributed by atoms with Crippen molar-refractivity contribution in [1.82, 2.24) is 10.2 Å². The number of carbonyl (C=O) groups excluding carboxylic acids is 1. The first-order valence-electron chi connectivity index (χ1n) is 6.96. The number of hydrogen-bond donors (Lipinski definition) is 1. The number of methoxy groups -OCH3 is 1. The summed E-state index contributed by atoms with van der Waals surface area (Å²) in [5.74, 6) is 0.377. The van der Waals surface area contributed by atoms with Crippen molar-refractivity contribution in [2.24, 2.45) is 0 Å². The van der Waals surface area contributed by atoms with E-state index in [1.165, 1.54) is 0 Å². The molecule has 0 aliphatic rings. The van der Waals surface area contributed by atoms with E-state index in [0.717, 1.165) is 16.7 Å². The van der Waals surface area contributed by atoms with Gasteiger partial charge >= 0.3 is 0 Å². The molecule has 118 valence electrons. The number of nitrogens with one attached hydrogen (secondary N) is 1. The molecule has 21 heavy (non-hydrogen) atoms. The van der Waals surface area contributed by atoms with Crippen molar-refractivity contribution >= 4 is 40.1 Å². The standard InChI is InChI=1S/C15H22ClIN2O2/c1-5-19(10(2)3)7-6-18-15(20)11-8-12(16)13(17)9-14(11)21-4/h8-10H,5-7H2,1-4H3,(H,18,20). The lowest BCUT2D eigenvalue weighted by Gasteiger charge is -2.24. The van der Waals surface area contributed by atoms with Crippen molar-refractivity contribution in [3.63, 3.8) is 0 Å². The van der Waals surface area contributed by atoms with Gasteiger partial charge in [-0.2, -0.15) is 0 Å². The zero-order chi connectivity index (χ0) is 16.0. The maximum atomic E-state index is 12.3. The van der Waals surface area contributed by atoms with Crippen LogP contribution in [0.5, 0.6) is 5.75 Å². The fourth-order valence-electron chi connectivity index (χ4n) is 2.06. The maximum Gasteiger partial charge on any atom is 0.255 e. The topological polar surface area (TPSA) is 41.6 Å². The predicted molar refractivity (Wildman–Crippen MR) is 95.4 cm³/mol. The van der Waals surface area contributed by atoms with E-state index in [0.29, 0.717) is 28.9 Å². The monoisotopic (exact) mass is 424 g/mol. The summed E-state index contributed by atoms with van der Waals surface area (Å²) in [5, 5.41) is 3.47. The number of carbonyl (C=O) groups is 1. The van der Waals surface area contributed by atoms with Gasteiger partial charge in [-0.05, 0) is 55.1 Å². The molecular weight excluding hydrogens is 403 g/mol. The summed E-state index contributed by atoms with van der Waals surface area (Å²) in [7, 11) is 1.55. The summed E-state index contributed by atoms with van der Waals surface area (Å²) in [6.07, 6.45) is 0. The van der Waals surface area contributed by atoms with Gasteiger partial charge in [0.2, 0.25) is 0 Å². The van der Waals surface area contributed by atoms with Crippen molar-refractivity contribution in [1.29, 1.82) is 0 Å². The summed E-state index contributed by atoms with van der Waals surface area (Å²) in [5.41, 5.74) is 0.468. The average molecular weight is 425 g/mol. The zero-order valence-electron chi connectivity index (χ0n) is 12.9. The SMILES string of the molecule is CCN(CCNC(=O)c1cc(Cl)c(I)cc1OC)C(C)C.